The van der Waals surface area contributed by atoms with Crippen molar-refractivity contribution in [3.8, 4) is 0 Å². The normalized spacial score (nSPS) is 38.9. The summed E-state index contributed by atoms with van der Waals surface area (Å²) < 4.78 is 0. The Bertz CT molecular complexity index is 97.1. The van der Waals surface area contributed by atoms with E-state index in [2.05, 4.69) is 19.7 Å². The lowest BCUT2D eigenvalue weighted by Gasteiger charge is -2.32. The molecule has 1 aliphatic rings. The smallest absolute Gasteiger partial charge is 0.185 e. The van der Waals surface area contributed by atoms with Crippen LogP contribution in [0.3, 0.4) is 0 Å². The second kappa shape index (κ2) is 2.71. The molecule has 0 aromatic rings. The Hall–Kier alpha value is -0.0151. The summed E-state index contributed by atoms with van der Waals surface area (Å²) in [6, 6.07) is 0.406. The number of rotatable bonds is 0. The van der Waals surface area contributed by atoms with Crippen LogP contribution in [0, 0.1) is 5.92 Å². The van der Waals surface area contributed by atoms with Crippen molar-refractivity contribution in [1.29, 1.82) is 0 Å². The van der Waals surface area contributed by atoms with E-state index in [1.807, 2.05) is 0 Å². The highest BCUT2D eigenvalue weighted by Crippen LogP contribution is 2.12. The topological polar surface area (TPSA) is 29.3 Å². The Morgan fingerprint density at radius 1 is 1.67 bits per heavy atom. The Morgan fingerprint density at radius 2 is 2.33 bits per heavy atom. The van der Waals surface area contributed by atoms with Crippen LogP contribution in [0.25, 0.3) is 0 Å². The Labute approximate surface area is 57.8 Å². The first-order valence-corrected chi connectivity index (χ1v) is 3.64. The molecule has 1 heterocycles. The molecule has 2 nitrogen and oxygen atoms in total. The van der Waals surface area contributed by atoms with Gasteiger partial charge in [0.15, 0.2) is 7.98 Å². The molecule has 1 fully saturated rings. The minimum Gasteiger partial charge on any atom is -0.347 e. The summed E-state index contributed by atoms with van der Waals surface area (Å²) in [4.78, 5) is 2.30. The summed E-state index contributed by atoms with van der Waals surface area (Å²) in [5.74, 6) is 0.723. The van der Waals surface area contributed by atoms with Crippen LogP contribution in [0.2, 0.25) is 0 Å². The zero-order valence-electron chi connectivity index (χ0n) is 6.30. The Kier molecular flexibility index (Phi) is 2.14. The maximum Gasteiger partial charge on any atom is 0.185 e. The second-order valence-corrected chi connectivity index (χ2v) is 3.19. The van der Waals surface area contributed by atoms with Gasteiger partial charge in [-0.05, 0) is 18.9 Å². The average molecular weight is 126 g/mol. The highest BCUT2D eigenvalue weighted by molar-refractivity contribution is 6.04. The van der Waals surface area contributed by atoms with Crippen molar-refractivity contribution in [3.05, 3.63) is 0 Å². The van der Waals surface area contributed by atoms with Gasteiger partial charge in [-0.25, -0.2) is 0 Å². The van der Waals surface area contributed by atoms with Gasteiger partial charge in [-0.1, -0.05) is 6.92 Å². The minimum absolute atomic E-state index is 0.406. The van der Waals surface area contributed by atoms with Gasteiger partial charge in [-0.15, -0.1) is 0 Å². The highest BCUT2D eigenvalue weighted by atomic mass is 15.1. The van der Waals surface area contributed by atoms with Crippen molar-refractivity contribution in [2.75, 3.05) is 13.1 Å². The van der Waals surface area contributed by atoms with E-state index in [4.69, 9.17) is 5.73 Å². The van der Waals surface area contributed by atoms with Crippen molar-refractivity contribution < 1.29 is 0 Å². The van der Waals surface area contributed by atoms with Crippen LogP contribution in [0.1, 0.15) is 13.3 Å². The number of hydrogen-bond acceptors (Lipinski definition) is 2. The van der Waals surface area contributed by atoms with Gasteiger partial charge in [0.25, 0.3) is 0 Å². The molecule has 2 unspecified atom stereocenters. The van der Waals surface area contributed by atoms with Crippen molar-refractivity contribution in [2.24, 2.45) is 11.7 Å². The molecule has 0 radical (unpaired) electrons. The molecule has 0 saturated carbocycles. The summed E-state index contributed by atoms with van der Waals surface area (Å²) in [5, 5.41) is 0. The van der Waals surface area contributed by atoms with Gasteiger partial charge >= 0.3 is 0 Å². The quantitative estimate of drug-likeness (QED) is 0.430. The first kappa shape index (κ1) is 7.10. The monoisotopic (exact) mass is 126 g/mol. The van der Waals surface area contributed by atoms with Crippen LogP contribution in [0.5, 0.6) is 0 Å². The molecular weight excluding hydrogens is 111 g/mol. The van der Waals surface area contributed by atoms with E-state index in [-0.39, 0.29) is 0 Å². The highest BCUT2D eigenvalue weighted by Gasteiger charge is 2.19. The van der Waals surface area contributed by atoms with E-state index in [0.717, 1.165) is 12.5 Å². The molecule has 2 N–H and O–H groups in total. The number of nitrogens with two attached hydrogens (primary N) is 1. The third-order valence-electron chi connectivity index (χ3n) is 2.22. The van der Waals surface area contributed by atoms with Gasteiger partial charge < -0.3 is 10.5 Å². The fourth-order valence-electron chi connectivity index (χ4n) is 1.27. The lowest BCUT2D eigenvalue weighted by atomic mass is 9.93. The summed E-state index contributed by atoms with van der Waals surface area (Å²) in [6.45, 7) is 4.52. The van der Waals surface area contributed by atoms with Crippen molar-refractivity contribution in [1.82, 2.24) is 4.81 Å². The van der Waals surface area contributed by atoms with E-state index >= 15 is 0 Å². The molecule has 52 valence electrons. The van der Waals surface area contributed by atoms with Crippen LogP contribution in [0.15, 0.2) is 0 Å². The van der Waals surface area contributed by atoms with Gasteiger partial charge in [-0.2, -0.15) is 0 Å². The second-order valence-electron chi connectivity index (χ2n) is 3.19. The molecule has 0 spiro atoms. The van der Waals surface area contributed by atoms with Crippen LogP contribution < -0.4 is 5.73 Å². The molecular formula is C6H15BN2. The van der Waals surface area contributed by atoms with Crippen LogP contribution in [-0.4, -0.2) is 31.9 Å². The van der Waals surface area contributed by atoms with Crippen LogP contribution >= 0.6 is 0 Å². The molecule has 0 amide bonds. The van der Waals surface area contributed by atoms with Gasteiger partial charge in [0.05, 0.1) is 0 Å². The molecule has 1 rings (SSSR count). The van der Waals surface area contributed by atoms with Crippen LogP contribution in [0.4, 0.5) is 0 Å². The maximum absolute atomic E-state index is 5.83. The Morgan fingerprint density at radius 3 is 2.78 bits per heavy atom. The molecule has 1 aliphatic heterocycles. The molecule has 0 aromatic heterocycles. The lowest BCUT2D eigenvalue weighted by Crippen LogP contribution is -2.46. The zero-order chi connectivity index (χ0) is 6.85. The van der Waals surface area contributed by atoms with E-state index in [9.17, 15) is 0 Å². The van der Waals surface area contributed by atoms with E-state index in [0.29, 0.717) is 6.04 Å². The molecule has 2 atom stereocenters. The maximum atomic E-state index is 5.83. The van der Waals surface area contributed by atoms with Crippen molar-refractivity contribution in [3.63, 3.8) is 0 Å². The Balaban J connectivity index is 2.35. The summed E-state index contributed by atoms with van der Waals surface area (Å²) in [7, 11) is 2.13. The fourth-order valence-corrected chi connectivity index (χ4v) is 1.27. The summed E-state index contributed by atoms with van der Waals surface area (Å²) >= 11 is 0. The first-order chi connectivity index (χ1) is 4.20. The molecule has 9 heavy (non-hydrogen) atoms. The van der Waals surface area contributed by atoms with Gasteiger partial charge in [-0.3, -0.25) is 0 Å². The zero-order valence-corrected chi connectivity index (χ0v) is 6.30. The minimum atomic E-state index is 0.406. The average Bonchev–Trinajstić information content (AvgIpc) is 1.80. The van der Waals surface area contributed by atoms with Crippen LogP contribution in [-0.2, 0) is 0 Å². The van der Waals surface area contributed by atoms with E-state index in [1.165, 1.54) is 13.0 Å². The van der Waals surface area contributed by atoms with E-state index < -0.39 is 0 Å². The van der Waals surface area contributed by atoms with Crippen molar-refractivity contribution in [2.45, 2.75) is 19.4 Å². The SMILES string of the molecule is BN1CCC(C)C(N)C1. The summed E-state index contributed by atoms with van der Waals surface area (Å²) in [6.07, 6.45) is 1.26. The molecule has 1 saturated heterocycles. The molecule has 0 bridgehead atoms. The van der Waals surface area contributed by atoms with E-state index in [1.54, 1.807) is 0 Å². The fraction of sp³-hybridized carbons (Fsp3) is 1.00. The largest absolute Gasteiger partial charge is 0.347 e. The standard InChI is InChI=1S/C6H15BN2/c1-5-2-3-9(7)4-6(5)8/h5-6H,2-4,7-8H2,1H3. The third-order valence-corrected chi connectivity index (χ3v) is 2.22. The van der Waals surface area contributed by atoms with Gasteiger partial charge in [0, 0.05) is 12.6 Å². The van der Waals surface area contributed by atoms with Gasteiger partial charge in [0.1, 0.15) is 0 Å². The predicted octanol–water partition coefficient (Wildman–Crippen LogP) is -0.796. The summed E-state index contributed by atoms with van der Waals surface area (Å²) in [5.41, 5.74) is 5.83. The number of piperidine rings is 1. The molecule has 0 aromatic carbocycles. The first-order valence-electron chi connectivity index (χ1n) is 3.64. The lowest BCUT2D eigenvalue weighted by molar-refractivity contribution is 0.260. The number of nitrogens with zero attached hydrogens (tertiary/aromatic N) is 1. The van der Waals surface area contributed by atoms with Gasteiger partial charge in [0.2, 0.25) is 0 Å². The van der Waals surface area contributed by atoms with Crippen molar-refractivity contribution >= 4 is 7.98 Å². The molecule has 3 heteroatoms. The third kappa shape index (κ3) is 1.70. The predicted molar refractivity (Wildman–Crippen MR) is 41.9 cm³/mol. The molecule has 0 aliphatic carbocycles. The number of hydrogen-bond donors (Lipinski definition) is 1.